The fraction of sp³-hybridized carbons (Fsp3) is 0.550. The van der Waals surface area contributed by atoms with E-state index in [0.717, 1.165) is 24.0 Å². The molecule has 2 amide bonds. The second kappa shape index (κ2) is 9.39. The Hall–Kier alpha value is -2.57. The lowest BCUT2D eigenvalue weighted by Crippen LogP contribution is -2.50. The van der Waals surface area contributed by atoms with E-state index in [1.54, 1.807) is 0 Å². The standard InChI is InChI=1S/C20H28N2O5/c1-12(2)14-9-8-13(3)10-17(14)27-11-18(23)21-22-19(24)15-6-4-5-7-16(15)20(25)26/h8-10,12,15-16H,4-7,11H2,1-3H3,(H,21,23)(H,22,24)(H,25,26)/p-1/t15-,16-/m0/s1. The van der Waals surface area contributed by atoms with Gasteiger partial charge in [-0.15, -0.1) is 0 Å². The molecule has 0 aromatic heterocycles. The summed E-state index contributed by atoms with van der Waals surface area (Å²) < 4.78 is 5.61. The van der Waals surface area contributed by atoms with Crippen molar-refractivity contribution >= 4 is 17.8 Å². The van der Waals surface area contributed by atoms with Crippen molar-refractivity contribution in [2.24, 2.45) is 11.8 Å². The van der Waals surface area contributed by atoms with Crippen molar-refractivity contribution < 1.29 is 24.2 Å². The fourth-order valence-electron chi connectivity index (χ4n) is 3.37. The number of hydrogen-bond acceptors (Lipinski definition) is 5. The van der Waals surface area contributed by atoms with Gasteiger partial charge in [0.15, 0.2) is 6.61 Å². The molecule has 1 aromatic carbocycles. The van der Waals surface area contributed by atoms with Gasteiger partial charge < -0.3 is 14.6 Å². The summed E-state index contributed by atoms with van der Waals surface area (Å²) in [6.07, 6.45) is 2.43. The first-order valence-electron chi connectivity index (χ1n) is 9.32. The lowest BCUT2D eigenvalue weighted by Gasteiger charge is -2.31. The van der Waals surface area contributed by atoms with E-state index in [1.807, 2.05) is 39.0 Å². The highest BCUT2D eigenvalue weighted by atomic mass is 16.5. The molecule has 0 aliphatic heterocycles. The number of amides is 2. The molecule has 27 heavy (non-hydrogen) atoms. The van der Waals surface area contributed by atoms with Crippen LogP contribution in [0.3, 0.4) is 0 Å². The van der Waals surface area contributed by atoms with Gasteiger partial charge in [-0.1, -0.05) is 38.8 Å². The third kappa shape index (κ3) is 5.70. The summed E-state index contributed by atoms with van der Waals surface area (Å²) >= 11 is 0. The van der Waals surface area contributed by atoms with Crippen molar-refractivity contribution in [3.8, 4) is 5.75 Å². The molecule has 1 aromatic rings. The van der Waals surface area contributed by atoms with E-state index in [1.165, 1.54) is 0 Å². The third-order valence-corrected chi connectivity index (χ3v) is 4.88. The Bertz CT molecular complexity index is 702. The van der Waals surface area contributed by atoms with Gasteiger partial charge in [-0.05, 0) is 42.9 Å². The fourth-order valence-corrected chi connectivity index (χ4v) is 3.37. The van der Waals surface area contributed by atoms with Gasteiger partial charge in [-0.25, -0.2) is 0 Å². The molecule has 7 heteroatoms. The van der Waals surface area contributed by atoms with E-state index < -0.39 is 29.6 Å². The lowest BCUT2D eigenvalue weighted by atomic mass is 9.79. The maximum atomic E-state index is 12.2. The number of ether oxygens (including phenoxy) is 1. The van der Waals surface area contributed by atoms with Crippen molar-refractivity contribution in [3.63, 3.8) is 0 Å². The van der Waals surface area contributed by atoms with Crippen LogP contribution in [0.25, 0.3) is 0 Å². The van der Waals surface area contributed by atoms with Crippen LogP contribution in [0.15, 0.2) is 18.2 Å². The lowest BCUT2D eigenvalue weighted by molar-refractivity contribution is -0.314. The molecule has 0 unspecified atom stereocenters. The summed E-state index contributed by atoms with van der Waals surface area (Å²) in [5, 5.41) is 11.2. The molecule has 1 aliphatic rings. The number of nitrogens with one attached hydrogen (secondary N) is 2. The number of hydrogen-bond donors (Lipinski definition) is 2. The van der Waals surface area contributed by atoms with Crippen LogP contribution < -0.4 is 20.7 Å². The Balaban J connectivity index is 1.87. The maximum absolute atomic E-state index is 12.2. The van der Waals surface area contributed by atoms with Crippen LogP contribution in [0.2, 0.25) is 0 Å². The minimum atomic E-state index is -1.22. The number of carboxylic acid groups (broad SMARTS) is 1. The maximum Gasteiger partial charge on any atom is 0.276 e. The Morgan fingerprint density at radius 2 is 1.81 bits per heavy atom. The summed E-state index contributed by atoms with van der Waals surface area (Å²) in [6, 6.07) is 5.83. The summed E-state index contributed by atoms with van der Waals surface area (Å²) in [4.78, 5) is 35.4. The number of carboxylic acids is 1. The third-order valence-electron chi connectivity index (χ3n) is 4.88. The van der Waals surface area contributed by atoms with E-state index in [0.29, 0.717) is 18.6 Å². The molecule has 0 saturated heterocycles. The van der Waals surface area contributed by atoms with E-state index in [4.69, 9.17) is 4.74 Å². The van der Waals surface area contributed by atoms with Crippen molar-refractivity contribution in [1.29, 1.82) is 0 Å². The van der Waals surface area contributed by atoms with Crippen molar-refractivity contribution in [1.82, 2.24) is 10.9 Å². The highest BCUT2D eigenvalue weighted by Gasteiger charge is 2.31. The molecule has 2 atom stereocenters. The number of carbonyl (C=O) groups excluding carboxylic acids is 3. The predicted molar refractivity (Wildman–Crippen MR) is 97.5 cm³/mol. The van der Waals surface area contributed by atoms with Crippen molar-refractivity contribution in [3.05, 3.63) is 29.3 Å². The molecule has 2 N–H and O–H groups in total. The van der Waals surface area contributed by atoms with E-state index in [2.05, 4.69) is 10.9 Å². The topological polar surface area (TPSA) is 108 Å². The molecule has 0 spiro atoms. The first kappa shape index (κ1) is 20.7. The minimum absolute atomic E-state index is 0.247. The van der Waals surface area contributed by atoms with Crippen LogP contribution in [-0.4, -0.2) is 24.4 Å². The van der Waals surface area contributed by atoms with Crippen LogP contribution >= 0.6 is 0 Å². The smallest absolute Gasteiger partial charge is 0.276 e. The number of aryl methyl sites for hydroxylation is 1. The molecule has 2 rings (SSSR count). The summed E-state index contributed by atoms with van der Waals surface area (Å²) in [5.74, 6) is -2.85. The SMILES string of the molecule is Cc1ccc(C(C)C)c(OCC(=O)NNC(=O)[C@H]2CCCC[C@@H]2C(=O)[O-])c1. The van der Waals surface area contributed by atoms with Crippen molar-refractivity contribution in [2.75, 3.05) is 6.61 Å². The number of rotatable bonds is 6. The van der Waals surface area contributed by atoms with Gasteiger partial charge in [0.2, 0.25) is 5.91 Å². The summed E-state index contributed by atoms with van der Waals surface area (Å²) in [7, 11) is 0. The average Bonchev–Trinajstić information content (AvgIpc) is 2.64. The monoisotopic (exact) mass is 375 g/mol. The zero-order valence-corrected chi connectivity index (χ0v) is 16.0. The Morgan fingerprint density at radius 1 is 1.15 bits per heavy atom. The van der Waals surface area contributed by atoms with Gasteiger partial charge in [0.05, 0.1) is 0 Å². The normalized spacial score (nSPS) is 19.4. The minimum Gasteiger partial charge on any atom is -0.550 e. The molecule has 148 valence electrons. The van der Waals surface area contributed by atoms with Gasteiger partial charge in [0.1, 0.15) is 5.75 Å². The molecule has 0 radical (unpaired) electrons. The van der Waals surface area contributed by atoms with E-state index >= 15 is 0 Å². The van der Waals surface area contributed by atoms with Crippen LogP contribution in [0.4, 0.5) is 0 Å². The summed E-state index contributed by atoms with van der Waals surface area (Å²) in [6.45, 7) is 5.76. The number of hydrazine groups is 1. The zero-order chi connectivity index (χ0) is 20.0. The molecular weight excluding hydrogens is 348 g/mol. The molecule has 0 bridgehead atoms. The van der Waals surface area contributed by atoms with Gasteiger partial charge in [-0.3, -0.25) is 20.4 Å². The Morgan fingerprint density at radius 3 is 2.44 bits per heavy atom. The second-order valence-corrected chi connectivity index (χ2v) is 7.34. The predicted octanol–water partition coefficient (Wildman–Crippen LogP) is 1.20. The van der Waals surface area contributed by atoms with E-state index in [9.17, 15) is 19.5 Å². The van der Waals surface area contributed by atoms with Crippen LogP contribution in [0, 0.1) is 18.8 Å². The second-order valence-electron chi connectivity index (χ2n) is 7.34. The van der Waals surface area contributed by atoms with Crippen LogP contribution in [0.1, 0.15) is 56.6 Å². The Labute approximate surface area is 159 Å². The molecule has 1 saturated carbocycles. The zero-order valence-electron chi connectivity index (χ0n) is 16.0. The molecule has 1 aliphatic carbocycles. The first-order chi connectivity index (χ1) is 12.8. The average molecular weight is 375 g/mol. The van der Waals surface area contributed by atoms with Gasteiger partial charge in [0.25, 0.3) is 5.91 Å². The summed E-state index contributed by atoms with van der Waals surface area (Å²) in [5.41, 5.74) is 6.63. The number of carbonyl (C=O) groups is 3. The molecule has 1 fully saturated rings. The molecule has 7 nitrogen and oxygen atoms in total. The van der Waals surface area contributed by atoms with Crippen molar-refractivity contribution in [2.45, 2.75) is 52.4 Å². The Kier molecular flexibility index (Phi) is 7.21. The quantitative estimate of drug-likeness (QED) is 0.727. The van der Waals surface area contributed by atoms with Gasteiger partial charge in [-0.2, -0.15) is 0 Å². The highest BCUT2D eigenvalue weighted by Crippen LogP contribution is 2.30. The highest BCUT2D eigenvalue weighted by molar-refractivity contribution is 5.87. The van der Waals surface area contributed by atoms with Crippen LogP contribution in [0.5, 0.6) is 5.75 Å². The first-order valence-corrected chi connectivity index (χ1v) is 9.32. The van der Waals surface area contributed by atoms with Gasteiger partial charge in [0, 0.05) is 17.8 Å². The number of benzene rings is 1. The largest absolute Gasteiger partial charge is 0.550 e. The van der Waals surface area contributed by atoms with Gasteiger partial charge >= 0.3 is 0 Å². The van der Waals surface area contributed by atoms with E-state index in [-0.39, 0.29) is 12.5 Å². The number of aliphatic carboxylic acids is 1. The van der Waals surface area contributed by atoms with Crippen LogP contribution in [-0.2, 0) is 14.4 Å². The molecular formula is C20H27N2O5-. The molecule has 0 heterocycles.